The van der Waals surface area contributed by atoms with Gasteiger partial charge in [0.2, 0.25) is 0 Å². The van der Waals surface area contributed by atoms with Gasteiger partial charge >= 0.3 is 0 Å². The smallest absolute Gasteiger partial charge is 0.0397 e. The minimum Gasteiger partial charge on any atom is -0.371 e. The van der Waals surface area contributed by atoms with Gasteiger partial charge in [0, 0.05) is 49.8 Å². The van der Waals surface area contributed by atoms with Gasteiger partial charge in [0.05, 0.1) is 0 Å². The fraction of sp³-hybridized carbons (Fsp3) is 0.688. The summed E-state index contributed by atoms with van der Waals surface area (Å²) in [6, 6.07) is 5.63. The first-order valence-electron chi connectivity index (χ1n) is 7.91. The Morgan fingerprint density at radius 1 is 1.05 bits per heavy atom. The molecule has 2 aliphatic heterocycles. The highest BCUT2D eigenvalue weighted by atomic mass is 15.2. The van der Waals surface area contributed by atoms with Gasteiger partial charge in [-0.25, -0.2) is 0 Å². The van der Waals surface area contributed by atoms with Crippen molar-refractivity contribution in [2.45, 2.75) is 37.8 Å². The molecule has 1 N–H and O–H groups in total. The number of aromatic nitrogens is 1. The Bertz CT molecular complexity index is 400. The number of piperidine rings is 2. The molecule has 20 heavy (non-hydrogen) atoms. The molecule has 1 atom stereocenters. The minimum atomic E-state index is 0.699. The van der Waals surface area contributed by atoms with E-state index in [0.29, 0.717) is 12.1 Å². The van der Waals surface area contributed by atoms with Gasteiger partial charge in [-0.05, 0) is 51.4 Å². The molecular weight excluding hydrogens is 248 g/mol. The lowest BCUT2D eigenvalue weighted by atomic mass is 10.00. The molecule has 0 aliphatic carbocycles. The van der Waals surface area contributed by atoms with Crippen LogP contribution in [-0.2, 0) is 0 Å². The van der Waals surface area contributed by atoms with Crippen LogP contribution in [0, 0.1) is 0 Å². The Hall–Kier alpha value is -1.13. The van der Waals surface area contributed by atoms with Crippen LogP contribution in [0.2, 0.25) is 0 Å². The van der Waals surface area contributed by atoms with Crippen molar-refractivity contribution < 1.29 is 0 Å². The van der Waals surface area contributed by atoms with Gasteiger partial charge in [0.25, 0.3) is 0 Å². The SMILES string of the molecule is CN1CCCC(NC2CCN(c3ccncc3)CC2)C1. The predicted molar refractivity (Wildman–Crippen MR) is 83.1 cm³/mol. The van der Waals surface area contributed by atoms with Crippen molar-refractivity contribution in [3.8, 4) is 0 Å². The molecule has 0 aromatic carbocycles. The molecule has 0 radical (unpaired) electrons. The Balaban J connectivity index is 1.46. The van der Waals surface area contributed by atoms with Crippen LogP contribution in [0.25, 0.3) is 0 Å². The van der Waals surface area contributed by atoms with Crippen LogP contribution < -0.4 is 10.2 Å². The van der Waals surface area contributed by atoms with E-state index in [1.54, 1.807) is 0 Å². The number of pyridine rings is 1. The van der Waals surface area contributed by atoms with Crippen LogP contribution in [-0.4, -0.2) is 55.2 Å². The summed E-state index contributed by atoms with van der Waals surface area (Å²) in [6.07, 6.45) is 8.96. The number of nitrogens with zero attached hydrogens (tertiary/aromatic N) is 3. The summed E-state index contributed by atoms with van der Waals surface area (Å²) in [6.45, 7) is 4.79. The summed E-state index contributed by atoms with van der Waals surface area (Å²) < 4.78 is 0. The third-order valence-corrected chi connectivity index (χ3v) is 4.62. The zero-order valence-electron chi connectivity index (χ0n) is 12.5. The lowest BCUT2D eigenvalue weighted by molar-refractivity contribution is 0.209. The minimum absolute atomic E-state index is 0.699. The molecule has 1 aromatic rings. The number of likely N-dealkylation sites (N-methyl/N-ethyl adjacent to an activating group) is 1. The molecule has 1 unspecified atom stereocenters. The van der Waals surface area contributed by atoms with Crippen molar-refractivity contribution in [1.29, 1.82) is 0 Å². The van der Waals surface area contributed by atoms with Gasteiger partial charge in [-0.15, -0.1) is 0 Å². The van der Waals surface area contributed by atoms with E-state index in [4.69, 9.17) is 0 Å². The van der Waals surface area contributed by atoms with Crippen molar-refractivity contribution in [3.63, 3.8) is 0 Å². The van der Waals surface area contributed by atoms with Crippen LogP contribution in [0.5, 0.6) is 0 Å². The Kier molecular flexibility index (Phi) is 4.53. The number of hydrogen-bond acceptors (Lipinski definition) is 4. The van der Waals surface area contributed by atoms with Crippen LogP contribution >= 0.6 is 0 Å². The Morgan fingerprint density at radius 2 is 1.80 bits per heavy atom. The first kappa shape index (κ1) is 13.8. The summed E-state index contributed by atoms with van der Waals surface area (Å²) in [5, 5.41) is 3.88. The number of hydrogen-bond donors (Lipinski definition) is 1. The van der Waals surface area contributed by atoms with E-state index < -0.39 is 0 Å². The maximum atomic E-state index is 4.10. The zero-order valence-corrected chi connectivity index (χ0v) is 12.5. The second-order valence-corrected chi connectivity index (χ2v) is 6.23. The Labute approximate surface area is 122 Å². The molecule has 0 spiro atoms. The van der Waals surface area contributed by atoms with Crippen molar-refractivity contribution in [1.82, 2.24) is 15.2 Å². The molecule has 4 heteroatoms. The fourth-order valence-electron chi connectivity index (χ4n) is 3.49. The van der Waals surface area contributed by atoms with Crippen molar-refractivity contribution >= 4 is 5.69 Å². The van der Waals surface area contributed by atoms with Crippen LogP contribution in [0.1, 0.15) is 25.7 Å². The summed E-state index contributed by atoms with van der Waals surface area (Å²) in [7, 11) is 2.24. The average molecular weight is 274 g/mol. The van der Waals surface area contributed by atoms with E-state index in [-0.39, 0.29) is 0 Å². The van der Waals surface area contributed by atoms with E-state index in [0.717, 1.165) is 13.1 Å². The van der Waals surface area contributed by atoms with E-state index in [2.05, 4.69) is 39.3 Å². The highest BCUT2D eigenvalue weighted by Crippen LogP contribution is 2.20. The summed E-state index contributed by atoms with van der Waals surface area (Å²) in [5.74, 6) is 0. The first-order valence-corrected chi connectivity index (χ1v) is 7.91. The van der Waals surface area contributed by atoms with Gasteiger partial charge in [-0.3, -0.25) is 4.98 Å². The van der Waals surface area contributed by atoms with Gasteiger partial charge in [-0.2, -0.15) is 0 Å². The van der Waals surface area contributed by atoms with Gasteiger partial charge < -0.3 is 15.1 Å². The van der Waals surface area contributed by atoms with Crippen molar-refractivity contribution in [2.75, 3.05) is 38.1 Å². The highest BCUT2D eigenvalue weighted by molar-refractivity contribution is 5.44. The van der Waals surface area contributed by atoms with E-state index >= 15 is 0 Å². The average Bonchev–Trinajstić information content (AvgIpc) is 2.49. The topological polar surface area (TPSA) is 31.4 Å². The van der Waals surface area contributed by atoms with Crippen molar-refractivity contribution in [3.05, 3.63) is 24.5 Å². The quantitative estimate of drug-likeness (QED) is 0.909. The molecule has 2 aliphatic rings. The molecule has 2 fully saturated rings. The first-order chi connectivity index (χ1) is 9.81. The standard InChI is InChI=1S/C16H26N4/c1-19-10-2-3-15(13-19)18-14-6-11-20(12-7-14)16-4-8-17-9-5-16/h4-5,8-9,14-15,18H,2-3,6-7,10-13H2,1H3. The second-order valence-electron chi connectivity index (χ2n) is 6.23. The van der Waals surface area contributed by atoms with Gasteiger partial charge in [0.15, 0.2) is 0 Å². The zero-order chi connectivity index (χ0) is 13.8. The van der Waals surface area contributed by atoms with Gasteiger partial charge in [-0.1, -0.05) is 0 Å². The van der Waals surface area contributed by atoms with E-state index in [1.165, 1.54) is 44.5 Å². The summed E-state index contributed by atoms with van der Waals surface area (Å²) >= 11 is 0. The number of anilines is 1. The molecule has 110 valence electrons. The largest absolute Gasteiger partial charge is 0.371 e. The van der Waals surface area contributed by atoms with Crippen molar-refractivity contribution in [2.24, 2.45) is 0 Å². The molecule has 1 aromatic heterocycles. The number of nitrogens with one attached hydrogen (secondary N) is 1. The lowest BCUT2D eigenvalue weighted by Crippen LogP contribution is -2.51. The molecule has 4 nitrogen and oxygen atoms in total. The maximum absolute atomic E-state index is 4.10. The molecule has 3 rings (SSSR count). The number of rotatable bonds is 3. The third kappa shape index (κ3) is 3.49. The molecule has 2 saturated heterocycles. The van der Waals surface area contributed by atoms with E-state index in [9.17, 15) is 0 Å². The van der Waals surface area contributed by atoms with Crippen LogP contribution in [0.3, 0.4) is 0 Å². The van der Waals surface area contributed by atoms with Crippen LogP contribution in [0.4, 0.5) is 5.69 Å². The summed E-state index contributed by atoms with van der Waals surface area (Å²) in [4.78, 5) is 9.03. The lowest BCUT2D eigenvalue weighted by Gasteiger charge is -2.38. The maximum Gasteiger partial charge on any atom is 0.0397 e. The summed E-state index contributed by atoms with van der Waals surface area (Å²) in [5.41, 5.74) is 1.32. The monoisotopic (exact) mass is 274 g/mol. The Morgan fingerprint density at radius 3 is 2.50 bits per heavy atom. The van der Waals surface area contributed by atoms with Crippen LogP contribution in [0.15, 0.2) is 24.5 Å². The normalized spacial score (nSPS) is 25.9. The molecule has 3 heterocycles. The third-order valence-electron chi connectivity index (χ3n) is 4.62. The molecule has 0 bridgehead atoms. The molecule has 0 saturated carbocycles. The van der Waals surface area contributed by atoms with E-state index in [1.807, 2.05) is 12.4 Å². The predicted octanol–water partition coefficient (Wildman–Crippen LogP) is 1.73. The molecular formula is C16H26N4. The highest BCUT2D eigenvalue weighted by Gasteiger charge is 2.24. The number of likely N-dealkylation sites (tertiary alicyclic amines) is 1. The molecule has 0 amide bonds. The second kappa shape index (κ2) is 6.55. The van der Waals surface area contributed by atoms with Gasteiger partial charge in [0.1, 0.15) is 0 Å². The fourth-order valence-corrected chi connectivity index (χ4v) is 3.49.